The second kappa shape index (κ2) is 11.2. The molecule has 0 saturated heterocycles. The molecule has 1 N–H and O–H groups in total. The van der Waals surface area contributed by atoms with E-state index in [2.05, 4.69) is 10.0 Å². The normalized spacial score (nSPS) is 11.8. The quantitative estimate of drug-likeness (QED) is 0.251. The molecule has 0 spiro atoms. The molecule has 1 atom stereocenters. The number of hydrogen-bond acceptors (Lipinski definition) is 5. The lowest BCUT2D eigenvalue weighted by Gasteiger charge is -2.08. The van der Waals surface area contributed by atoms with Gasteiger partial charge in [0.2, 0.25) is 0 Å². The first kappa shape index (κ1) is 15.7. The van der Waals surface area contributed by atoms with Gasteiger partial charge in [-0.3, -0.25) is 0 Å². The lowest BCUT2D eigenvalue weighted by molar-refractivity contribution is -0.150. The average Bonchev–Trinajstić information content (AvgIpc) is 2.31. The van der Waals surface area contributed by atoms with Crippen molar-refractivity contribution in [2.24, 2.45) is 5.11 Å². The molecule has 0 fully saturated rings. The van der Waals surface area contributed by atoms with Crippen LogP contribution in [0.15, 0.2) is 5.11 Å². The van der Waals surface area contributed by atoms with Gasteiger partial charge in [0.1, 0.15) is 0 Å². The van der Waals surface area contributed by atoms with Crippen LogP contribution in [0.1, 0.15) is 6.92 Å². The minimum Gasteiger partial charge on any atom is -0.479 e. The smallest absolute Gasteiger partial charge is 0.332 e. The first-order valence-corrected chi connectivity index (χ1v) is 5.19. The Morgan fingerprint density at radius 2 is 1.88 bits per heavy atom. The standard InChI is InChI=1S/C9H17N3O5/c1-8(9(13)14)17-7-6-16-5-4-15-3-2-11-12-10/h8H,2-7H2,1H3,(H,13,14). The van der Waals surface area contributed by atoms with Crippen LogP contribution in [0.5, 0.6) is 0 Å². The van der Waals surface area contributed by atoms with Gasteiger partial charge in [0, 0.05) is 11.5 Å². The maximum atomic E-state index is 10.4. The van der Waals surface area contributed by atoms with Crippen LogP contribution in [-0.4, -0.2) is 56.8 Å². The van der Waals surface area contributed by atoms with E-state index in [1.807, 2.05) is 0 Å². The highest BCUT2D eigenvalue weighted by Gasteiger charge is 2.09. The number of nitrogens with zero attached hydrogens (tertiary/aromatic N) is 3. The molecule has 98 valence electrons. The van der Waals surface area contributed by atoms with Crippen LogP contribution in [0.2, 0.25) is 0 Å². The van der Waals surface area contributed by atoms with Crippen molar-refractivity contribution in [1.82, 2.24) is 0 Å². The van der Waals surface area contributed by atoms with Gasteiger partial charge in [-0.1, -0.05) is 5.11 Å². The van der Waals surface area contributed by atoms with Crippen molar-refractivity contribution in [1.29, 1.82) is 0 Å². The van der Waals surface area contributed by atoms with E-state index in [1.165, 1.54) is 6.92 Å². The van der Waals surface area contributed by atoms with Gasteiger partial charge in [0.25, 0.3) is 0 Å². The Balaban J connectivity index is 3.13. The highest BCUT2D eigenvalue weighted by atomic mass is 16.6. The van der Waals surface area contributed by atoms with Gasteiger partial charge in [-0.2, -0.15) is 0 Å². The second-order valence-electron chi connectivity index (χ2n) is 3.03. The molecule has 0 aromatic heterocycles. The summed E-state index contributed by atoms with van der Waals surface area (Å²) in [6, 6.07) is 0. The largest absolute Gasteiger partial charge is 0.479 e. The van der Waals surface area contributed by atoms with Crippen molar-refractivity contribution < 1.29 is 24.1 Å². The third-order valence-corrected chi connectivity index (χ3v) is 1.71. The van der Waals surface area contributed by atoms with Gasteiger partial charge in [-0.05, 0) is 12.5 Å². The lowest BCUT2D eigenvalue weighted by Crippen LogP contribution is -2.22. The molecule has 0 heterocycles. The summed E-state index contributed by atoms with van der Waals surface area (Å²) in [5, 5.41) is 11.8. The molecule has 1 unspecified atom stereocenters. The summed E-state index contributed by atoms with van der Waals surface area (Å²) in [4.78, 5) is 12.9. The number of rotatable bonds is 11. The highest BCUT2D eigenvalue weighted by Crippen LogP contribution is 1.90. The van der Waals surface area contributed by atoms with Crippen molar-refractivity contribution in [2.75, 3.05) is 39.6 Å². The Hall–Kier alpha value is -1.34. The van der Waals surface area contributed by atoms with Crippen LogP contribution in [0, 0.1) is 0 Å². The van der Waals surface area contributed by atoms with Crippen molar-refractivity contribution in [2.45, 2.75) is 13.0 Å². The van der Waals surface area contributed by atoms with Crippen molar-refractivity contribution >= 4 is 5.97 Å². The molecule has 0 aliphatic carbocycles. The molecule has 0 aromatic carbocycles. The van der Waals surface area contributed by atoms with Gasteiger partial charge in [-0.15, -0.1) is 0 Å². The molecule has 8 nitrogen and oxygen atoms in total. The third kappa shape index (κ3) is 10.9. The van der Waals surface area contributed by atoms with E-state index in [4.69, 9.17) is 24.8 Å². The van der Waals surface area contributed by atoms with Gasteiger partial charge in [-0.25, -0.2) is 4.79 Å². The molecule has 0 amide bonds. The second-order valence-corrected chi connectivity index (χ2v) is 3.03. The van der Waals surface area contributed by atoms with Gasteiger partial charge < -0.3 is 19.3 Å². The van der Waals surface area contributed by atoms with Crippen LogP contribution in [-0.2, 0) is 19.0 Å². The first-order valence-electron chi connectivity index (χ1n) is 5.19. The summed E-state index contributed by atoms with van der Waals surface area (Å²) < 4.78 is 15.1. The Kier molecular flexibility index (Phi) is 10.3. The number of azide groups is 1. The van der Waals surface area contributed by atoms with Crippen LogP contribution in [0.4, 0.5) is 0 Å². The Labute approximate surface area is 99.1 Å². The van der Waals surface area contributed by atoms with E-state index in [0.29, 0.717) is 33.0 Å². The SMILES string of the molecule is CC(OCCOCCOCCN=[N+]=[N-])C(=O)O. The minimum atomic E-state index is -0.994. The fourth-order valence-electron chi connectivity index (χ4n) is 0.827. The van der Waals surface area contributed by atoms with Crippen molar-refractivity contribution in [3.05, 3.63) is 10.4 Å². The number of carboxylic acid groups (broad SMARTS) is 1. The molecule has 0 radical (unpaired) electrons. The zero-order chi connectivity index (χ0) is 12.9. The van der Waals surface area contributed by atoms with Crippen LogP contribution < -0.4 is 0 Å². The molecular formula is C9H17N3O5. The summed E-state index contributed by atoms with van der Waals surface area (Å²) in [7, 11) is 0. The number of ether oxygens (including phenoxy) is 3. The predicted molar refractivity (Wildman–Crippen MR) is 58.7 cm³/mol. The fourth-order valence-corrected chi connectivity index (χ4v) is 0.827. The first-order chi connectivity index (χ1) is 8.18. The number of hydrogen-bond donors (Lipinski definition) is 1. The zero-order valence-electron chi connectivity index (χ0n) is 9.74. The molecule has 0 aliphatic rings. The van der Waals surface area contributed by atoms with Crippen LogP contribution in [0.25, 0.3) is 10.4 Å². The average molecular weight is 247 g/mol. The highest BCUT2D eigenvalue weighted by molar-refractivity contribution is 5.71. The molecule has 0 bridgehead atoms. The molecule has 8 heteroatoms. The summed E-state index contributed by atoms with van der Waals surface area (Å²) >= 11 is 0. The van der Waals surface area contributed by atoms with Crippen LogP contribution in [0.3, 0.4) is 0 Å². The Morgan fingerprint density at radius 1 is 1.29 bits per heavy atom. The maximum absolute atomic E-state index is 10.4. The van der Waals surface area contributed by atoms with E-state index in [-0.39, 0.29) is 6.61 Å². The maximum Gasteiger partial charge on any atom is 0.332 e. The molecule has 0 aliphatic heterocycles. The number of aliphatic carboxylic acids is 1. The summed E-state index contributed by atoms with van der Waals surface area (Å²) in [6.45, 7) is 3.46. The Bertz CT molecular complexity index is 255. The Morgan fingerprint density at radius 3 is 2.47 bits per heavy atom. The third-order valence-electron chi connectivity index (χ3n) is 1.71. The van der Waals surface area contributed by atoms with E-state index >= 15 is 0 Å². The molecule has 0 saturated carbocycles. The molecule has 17 heavy (non-hydrogen) atoms. The van der Waals surface area contributed by atoms with Gasteiger partial charge in [0.05, 0.1) is 33.0 Å². The monoisotopic (exact) mass is 247 g/mol. The molecule has 0 aromatic rings. The van der Waals surface area contributed by atoms with E-state index in [9.17, 15) is 4.79 Å². The summed E-state index contributed by atoms with van der Waals surface area (Å²) in [5.41, 5.74) is 7.97. The van der Waals surface area contributed by atoms with Crippen molar-refractivity contribution in [3.63, 3.8) is 0 Å². The minimum absolute atomic E-state index is 0.228. The van der Waals surface area contributed by atoms with E-state index in [1.54, 1.807) is 0 Å². The molecule has 0 rings (SSSR count). The fraction of sp³-hybridized carbons (Fsp3) is 0.889. The van der Waals surface area contributed by atoms with E-state index in [0.717, 1.165) is 0 Å². The number of carbonyl (C=O) groups is 1. The van der Waals surface area contributed by atoms with Crippen LogP contribution >= 0.6 is 0 Å². The topological polar surface area (TPSA) is 114 Å². The summed E-state index contributed by atoms with van der Waals surface area (Å²) in [5.74, 6) is -0.994. The van der Waals surface area contributed by atoms with Gasteiger partial charge >= 0.3 is 5.97 Å². The predicted octanol–water partition coefficient (Wildman–Crippen LogP) is 0.820. The van der Waals surface area contributed by atoms with Crippen molar-refractivity contribution in [3.8, 4) is 0 Å². The van der Waals surface area contributed by atoms with Gasteiger partial charge in [0.15, 0.2) is 6.10 Å². The summed E-state index contributed by atoms with van der Waals surface area (Å²) in [6.07, 6.45) is -0.821. The molecular weight excluding hydrogens is 230 g/mol. The lowest BCUT2D eigenvalue weighted by atomic mass is 10.4. The zero-order valence-corrected chi connectivity index (χ0v) is 9.74. The number of carboxylic acids is 1. The van der Waals surface area contributed by atoms with E-state index < -0.39 is 12.1 Å².